The monoisotopic (exact) mass is 292 g/mol. The minimum atomic E-state index is -1.03. The van der Waals surface area contributed by atoms with E-state index in [1.54, 1.807) is 18.2 Å². The van der Waals surface area contributed by atoms with Crippen LogP contribution < -0.4 is 10.1 Å². The van der Waals surface area contributed by atoms with Crippen molar-refractivity contribution in [1.82, 2.24) is 0 Å². The van der Waals surface area contributed by atoms with E-state index >= 15 is 0 Å². The third-order valence-electron chi connectivity index (χ3n) is 2.87. The van der Waals surface area contributed by atoms with Crippen LogP contribution in [-0.4, -0.2) is 7.11 Å². The van der Waals surface area contributed by atoms with Gasteiger partial charge in [-0.15, -0.1) is 0 Å². The van der Waals surface area contributed by atoms with Crippen molar-refractivity contribution in [1.29, 1.82) is 5.26 Å². The fourth-order valence-corrected chi connectivity index (χ4v) is 1.88. The fraction of sp³-hybridized carbons (Fsp3) is 0.133. The Hall–Kier alpha value is -2.68. The van der Waals surface area contributed by atoms with E-state index in [4.69, 9.17) is 10.00 Å². The number of halogens is 3. The second-order valence-corrected chi connectivity index (χ2v) is 4.24. The molecule has 0 aliphatic carbocycles. The van der Waals surface area contributed by atoms with Crippen molar-refractivity contribution in [3.05, 3.63) is 58.9 Å². The van der Waals surface area contributed by atoms with Crippen LogP contribution in [0.15, 0.2) is 30.3 Å². The smallest absolute Gasteiger partial charge is 0.152 e. The largest absolute Gasteiger partial charge is 0.496 e. The first-order valence-electron chi connectivity index (χ1n) is 6.00. The molecule has 0 aromatic heterocycles. The Morgan fingerprint density at radius 3 is 2.38 bits per heavy atom. The molecule has 2 aromatic carbocycles. The van der Waals surface area contributed by atoms with E-state index in [0.717, 1.165) is 0 Å². The summed E-state index contributed by atoms with van der Waals surface area (Å²) in [4.78, 5) is 0. The van der Waals surface area contributed by atoms with Gasteiger partial charge >= 0.3 is 0 Å². The van der Waals surface area contributed by atoms with Crippen LogP contribution in [0.3, 0.4) is 0 Å². The molecular formula is C15H11F3N2O. The van der Waals surface area contributed by atoms with Crippen LogP contribution in [0.4, 0.5) is 18.9 Å². The number of methoxy groups -OCH3 is 1. The molecule has 0 amide bonds. The van der Waals surface area contributed by atoms with E-state index in [1.165, 1.54) is 7.11 Å². The summed E-state index contributed by atoms with van der Waals surface area (Å²) in [6.07, 6.45) is 0. The Kier molecular flexibility index (Phi) is 4.33. The lowest BCUT2D eigenvalue weighted by atomic mass is 10.1. The summed E-state index contributed by atoms with van der Waals surface area (Å²) in [5.41, 5.74) is 0.521. The topological polar surface area (TPSA) is 45.0 Å². The zero-order valence-corrected chi connectivity index (χ0v) is 11.1. The van der Waals surface area contributed by atoms with Gasteiger partial charge in [-0.3, -0.25) is 0 Å². The maximum absolute atomic E-state index is 13.5. The molecule has 21 heavy (non-hydrogen) atoms. The SMILES string of the molecule is COc1ccc(C#N)cc1CNc1c(F)cc(F)cc1F. The van der Waals surface area contributed by atoms with Crippen molar-refractivity contribution in [2.45, 2.75) is 6.54 Å². The molecule has 3 nitrogen and oxygen atoms in total. The van der Waals surface area contributed by atoms with Gasteiger partial charge in [-0.25, -0.2) is 13.2 Å². The van der Waals surface area contributed by atoms with Gasteiger partial charge in [0.2, 0.25) is 0 Å². The van der Waals surface area contributed by atoms with Gasteiger partial charge in [0.05, 0.1) is 18.7 Å². The summed E-state index contributed by atoms with van der Waals surface area (Å²) in [5.74, 6) is -2.56. The molecule has 0 radical (unpaired) electrons. The van der Waals surface area contributed by atoms with Crippen molar-refractivity contribution < 1.29 is 17.9 Å². The molecule has 2 rings (SSSR count). The Morgan fingerprint density at radius 2 is 1.81 bits per heavy atom. The second kappa shape index (κ2) is 6.18. The number of rotatable bonds is 4. The van der Waals surface area contributed by atoms with Crippen LogP contribution in [0.1, 0.15) is 11.1 Å². The minimum absolute atomic E-state index is 0.0260. The molecule has 6 heteroatoms. The molecular weight excluding hydrogens is 281 g/mol. The first kappa shape index (κ1) is 14.7. The number of nitrogens with one attached hydrogen (secondary N) is 1. The normalized spacial score (nSPS) is 10.0. The van der Waals surface area contributed by atoms with E-state index in [-0.39, 0.29) is 6.54 Å². The van der Waals surface area contributed by atoms with Gasteiger partial charge in [-0.1, -0.05) is 0 Å². The van der Waals surface area contributed by atoms with Crippen LogP contribution in [0.5, 0.6) is 5.75 Å². The van der Waals surface area contributed by atoms with Crippen LogP contribution >= 0.6 is 0 Å². The Balaban J connectivity index is 2.26. The molecule has 0 saturated heterocycles. The standard InChI is InChI=1S/C15H11F3N2O/c1-21-14-3-2-9(7-19)4-10(14)8-20-15-12(17)5-11(16)6-13(15)18/h2-6,20H,8H2,1H3. The van der Waals surface area contributed by atoms with Gasteiger partial charge in [0.25, 0.3) is 0 Å². The van der Waals surface area contributed by atoms with Gasteiger partial charge in [0, 0.05) is 24.2 Å². The third-order valence-corrected chi connectivity index (χ3v) is 2.87. The van der Waals surface area contributed by atoms with Gasteiger partial charge < -0.3 is 10.1 Å². The second-order valence-electron chi connectivity index (χ2n) is 4.24. The van der Waals surface area contributed by atoms with Gasteiger partial charge in [-0.05, 0) is 18.2 Å². The Labute approximate surface area is 119 Å². The lowest BCUT2D eigenvalue weighted by Gasteiger charge is -2.12. The molecule has 108 valence electrons. The molecule has 0 spiro atoms. The quantitative estimate of drug-likeness (QED) is 0.936. The van der Waals surface area contributed by atoms with Crippen molar-refractivity contribution >= 4 is 5.69 Å². The summed E-state index contributed by atoms with van der Waals surface area (Å²) in [6, 6.07) is 7.86. The predicted molar refractivity (Wildman–Crippen MR) is 71.4 cm³/mol. The van der Waals surface area contributed by atoms with Crippen LogP contribution in [-0.2, 0) is 6.54 Å². The summed E-state index contributed by atoms with van der Waals surface area (Å²) in [7, 11) is 1.45. The van der Waals surface area contributed by atoms with Crippen molar-refractivity contribution in [2.24, 2.45) is 0 Å². The molecule has 0 heterocycles. The summed E-state index contributed by atoms with van der Waals surface area (Å²) in [6.45, 7) is 0.0260. The highest BCUT2D eigenvalue weighted by atomic mass is 19.1. The van der Waals surface area contributed by atoms with E-state index < -0.39 is 23.1 Å². The number of hydrogen-bond donors (Lipinski definition) is 1. The lowest BCUT2D eigenvalue weighted by Crippen LogP contribution is -2.06. The summed E-state index contributed by atoms with van der Waals surface area (Å²) in [5, 5.41) is 11.4. The zero-order valence-electron chi connectivity index (χ0n) is 11.1. The Morgan fingerprint density at radius 1 is 1.14 bits per heavy atom. The van der Waals surface area contributed by atoms with Gasteiger partial charge in [0.15, 0.2) is 11.6 Å². The lowest BCUT2D eigenvalue weighted by molar-refractivity contribution is 0.410. The zero-order chi connectivity index (χ0) is 15.4. The van der Waals surface area contributed by atoms with Crippen molar-refractivity contribution in [3.8, 4) is 11.8 Å². The van der Waals surface area contributed by atoms with Gasteiger partial charge in [-0.2, -0.15) is 5.26 Å². The molecule has 0 aliphatic rings. The molecule has 0 bridgehead atoms. The maximum atomic E-state index is 13.5. The Bertz CT molecular complexity index is 688. The highest BCUT2D eigenvalue weighted by molar-refractivity contribution is 5.49. The third kappa shape index (κ3) is 3.26. The van der Waals surface area contributed by atoms with Crippen molar-refractivity contribution in [3.63, 3.8) is 0 Å². The van der Waals surface area contributed by atoms with Gasteiger partial charge in [0.1, 0.15) is 17.3 Å². The molecule has 1 N–H and O–H groups in total. The average Bonchev–Trinajstić information content (AvgIpc) is 2.45. The number of nitriles is 1. The molecule has 0 fully saturated rings. The molecule has 0 atom stereocenters. The van der Waals surface area contributed by atoms with E-state index in [9.17, 15) is 13.2 Å². The van der Waals surface area contributed by atoms with Crippen LogP contribution in [0.25, 0.3) is 0 Å². The fourth-order valence-electron chi connectivity index (χ4n) is 1.88. The highest BCUT2D eigenvalue weighted by Gasteiger charge is 2.12. The average molecular weight is 292 g/mol. The summed E-state index contributed by atoms with van der Waals surface area (Å²) >= 11 is 0. The number of ether oxygens (including phenoxy) is 1. The minimum Gasteiger partial charge on any atom is -0.496 e. The van der Waals surface area contributed by atoms with Crippen molar-refractivity contribution in [2.75, 3.05) is 12.4 Å². The molecule has 0 unspecified atom stereocenters. The number of hydrogen-bond acceptors (Lipinski definition) is 3. The first-order chi connectivity index (χ1) is 10.0. The number of anilines is 1. The summed E-state index contributed by atoms with van der Waals surface area (Å²) < 4.78 is 45.0. The highest BCUT2D eigenvalue weighted by Crippen LogP contribution is 2.24. The van der Waals surface area contributed by atoms with Crippen LogP contribution in [0, 0.1) is 28.8 Å². The predicted octanol–water partition coefficient (Wildman–Crippen LogP) is 3.60. The maximum Gasteiger partial charge on any atom is 0.152 e. The first-order valence-corrected chi connectivity index (χ1v) is 6.00. The number of benzene rings is 2. The van der Waals surface area contributed by atoms with E-state index in [2.05, 4.69) is 5.32 Å². The molecule has 0 saturated carbocycles. The van der Waals surface area contributed by atoms with E-state index in [1.807, 2.05) is 6.07 Å². The van der Waals surface area contributed by atoms with Crippen LogP contribution in [0.2, 0.25) is 0 Å². The molecule has 2 aromatic rings. The van der Waals surface area contributed by atoms with E-state index in [0.29, 0.717) is 29.0 Å². The number of nitrogens with zero attached hydrogens (tertiary/aromatic N) is 1. The molecule has 0 aliphatic heterocycles.